The molecule has 124 valence electrons. The second-order valence-corrected chi connectivity index (χ2v) is 5.66. The average Bonchev–Trinajstić information content (AvgIpc) is 3.03. The van der Waals surface area contributed by atoms with Crippen molar-refractivity contribution in [3.8, 4) is 0 Å². The van der Waals surface area contributed by atoms with Crippen LogP contribution in [0.5, 0.6) is 0 Å². The van der Waals surface area contributed by atoms with E-state index in [-0.39, 0.29) is 0 Å². The Morgan fingerprint density at radius 2 is 1.83 bits per heavy atom. The summed E-state index contributed by atoms with van der Waals surface area (Å²) < 4.78 is 37.6. The van der Waals surface area contributed by atoms with Gasteiger partial charge in [-0.2, -0.15) is 24.5 Å². The van der Waals surface area contributed by atoms with Gasteiger partial charge in [0.1, 0.15) is 0 Å². The first-order chi connectivity index (χ1) is 11.0. The standard InChI is InChI=1S/C16H18F3N3S/c1-2-20-15(22-10-13-7-8-23-11-13)21-9-12-3-5-14(6-4-12)16(17,18)19/h3-8,11H,2,9-10H2,1H3,(H2,20,21,22). The zero-order valence-electron chi connectivity index (χ0n) is 12.7. The monoisotopic (exact) mass is 341 g/mol. The first kappa shape index (κ1) is 17.3. The molecule has 2 N–H and O–H groups in total. The molecule has 0 bridgehead atoms. The highest BCUT2D eigenvalue weighted by Crippen LogP contribution is 2.29. The van der Waals surface area contributed by atoms with Gasteiger partial charge < -0.3 is 10.6 Å². The highest BCUT2D eigenvalue weighted by molar-refractivity contribution is 7.07. The predicted molar refractivity (Wildman–Crippen MR) is 87.4 cm³/mol. The summed E-state index contributed by atoms with van der Waals surface area (Å²) >= 11 is 1.62. The number of hydrogen-bond donors (Lipinski definition) is 2. The van der Waals surface area contributed by atoms with Crippen LogP contribution in [0.2, 0.25) is 0 Å². The molecule has 0 saturated heterocycles. The predicted octanol–water partition coefficient (Wildman–Crippen LogP) is 4.02. The molecule has 1 heterocycles. The van der Waals surface area contributed by atoms with Gasteiger partial charge in [-0.05, 0) is 47.0 Å². The first-order valence-corrected chi connectivity index (χ1v) is 8.12. The number of benzene rings is 1. The van der Waals surface area contributed by atoms with Crippen molar-refractivity contribution < 1.29 is 13.2 Å². The molecule has 1 aromatic carbocycles. The van der Waals surface area contributed by atoms with Crippen molar-refractivity contribution in [3.63, 3.8) is 0 Å². The van der Waals surface area contributed by atoms with E-state index < -0.39 is 11.7 Å². The SMILES string of the molecule is CCNC(=NCc1ccsc1)NCc1ccc(C(F)(F)F)cc1. The normalized spacial score (nSPS) is 12.3. The first-order valence-electron chi connectivity index (χ1n) is 7.18. The van der Waals surface area contributed by atoms with Crippen LogP contribution in [-0.4, -0.2) is 12.5 Å². The summed E-state index contributed by atoms with van der Waals surface area (Å²) in [5, 5.41) is 10.3. The summed E-state index contributed by atoms with van der Waals surface area (Å²) in [6.45, 7) is 3.64. The fourth-order valence-corrected chi connectivity index (χ4v) is 2.55. The number of rotatable bonds is 5. The molecule has 23 heavy (non-hydrogen) atoms. The van der Waals surface area contributed by atoms with Gasteiger partial charge in [-0.3, -0.25) is 0 Å². The summed E-state index contributed by atoms with van der Waals surface area (Å²) in [5.41, 5.74) is 1.25. The van der Waals surface area contributed by atoms with Gasteiger partial charge in [0.2, 0.25) is 0 Å². The van der Waals surface area contributed by atoms with E-state index in [1.165, 1.54) is 12.1 Å². The zero-order chi connectivity index (χ0) is 16.7. The quantitative estimate of drug-likeness (QED) is 0.636. The largest absolute Gasteiger partial charge is 0.416 e. The molecule has 7 heteroatoms. The molecule has 3 nitrogen and oxygen atoms in total. The van der Waals surface area contributed by atoms with Crippen LogP contribution in [0.15, 0.2) is 46.1 Å². The fourth-order valence-electron chi connectivity index (χ4n) is 1.89. The molecule has 1 aromatic heterocycles. The Labute approximate surface area is 137 Å². The minimum Gasteiger partial charge on any atom is -0.357 e. The zero-order valence-corrected chi connectivity index (χ0v) is 13.5. The Bertz CT molecular complexity index is 619. The molecule has 0 unspecified atom stereocenters. The van der Waals surface area contributed by atoms with Gasteiger partial charge in [-0.1, -0.05) is 12.1 Å². The number of aliphatic imine (C=N–C) groups is 1. The van der Waals surface area contributed by atoms with Crippen LogP contribution in [0.25, 0.3) is 0 Å². The Hall–Kier alpha value is -2.02. The van der Waals surface area contributed by atoms with Crippen LogP contribution in [0, 0.1) is 0 Å². The number of thiophene rings is 1. The van der Waals surface area contributed by atoms with E-state index in [0.29, 0.717) is 25.6 Å². The van der Waals surface area contributed by atoms with Crippen molar-refractivity contribution >= 4 is 17.3 Å². The van der Waals surface area contributed by atoms with Crippen molar-refractivity contribution in [2.75, 3.05) is 6.54 Å². The smallest absolute Gasteiger partial charge is 0.357 e. The lowest BCUT2D eigenvalue weighted by atomic mass is 10.1. The maximum atomic E-state index is 12.5. The van der Waals surface area contributed by atoms with Crippen molar-refractivity contribution in [2.24, 2.45) is 4.99 Å². The maximum Gasteiger partial charge on any atom is 0.416 e. The third-order valence-corrected chi connectivity index (χ3v) is 3.82. The van der Waals surface area contributed by atoms with Gasteiger partial charge in [-0.15, -0.1) is 0 Å². The molecule has 0 radical (unpaired) electrons. The maximum absolute atomic E-state index is 12.5. The molecule has 0 fully saturated rings. The number of alkyl halides is 3. The molecule has 0 amide bonds. The minimum atomic E-state index is -4.30. The Morgan fingerprint density at radius 3 is 2.39 bits per heavy atom. The van der Waals surface area contributed by atoms with E-state index in [4.69, 9.17) is 0 Å². The van der Waals surface area contributed by atoms with E-state index >= 15 is 0 Å². The highest BCUT2D eigenvalue weighted by atomic mass is 32.1. The van der Waals surface area contributed by atoms with Crippen molar-refractivity contribution in [2.45, 2.75) is 26.2 Å². The summed E-state index contributed by atoms with van der Waals surface area (Å²) in [6.07, 6.45) is -4.30. The molecule has 0 aliphatic heterocycles. The van der Waals surface area contributed by atoms with Crippen LogP contribution in [0.1, 0.15) is 23.6 Å². The molecule has 0 atom stereocenters. The van der Waals surface area contributed by atoms with Crippen LogP contribution in [0.3, 0.4) is 0 Å². The van der Waals surface area contributed by atoms with Gasteiger partial charge in [0, 0.05) is 13.1 Å². The molecular weight excluding hydrogens is 323 g/mol. The Kier molecular flexibility index (Phi) is 6.04. The molecule has 0 aliphatic rings. The van der Waals surface area contributed by atoms with E-state index in [0.717, 1.165) is 23.3 Å². The van der Waals surface area contributed by atoms with E-state index in [1.807, 2.05) is 23.8 Å². The number of nitrogens with zero attached hydrogens (tertiary/aromatic N) is 1. The Morgan fingerprint density at radius 1 is 1.09 bits per heavy atom. The molecular formula is C16H18F3N3S. The lowest BCUT2D eigenvalue weighted by Gasteiger charge is -2.12. The molecule has 2 rings (SSSR count). The van der Waals surface area contributed by atoms with Gasteiger partial charge in [0.25, 0.3) is 0 Å². The van der Waals surface area contributed by atoms with Crippen LogP contribution in [-0.2, 0) is 19.3 Å². The topological polar surface area (TPSA) is 36.4 Å². The average molecular weight is 341 g/mol. The molecule has 0 spiro atoms. The second-order valence-electron chi connectivity index (χ2n) is 4.87. The van der Waals surface area contributed by atoms with Crippen molar-refractivity contribution in [1.82, 2.24) is 10.6 Å². The Balaban J connectivity index is 1.94. The second kappa shape index (κ2) is 8.01. The van der Waals surface area contributed by atoms with Crippen LogP contribution < -0.4 is 10.6 Å². The third kappa shape index (κ3) is 5.59. The van der Waals surface area contributed by atoms with E-state index in [2.05, 4.69) is 15.6 Å². The molecule has 2 aromatic rings. The van der Waals surface area contributed by atoms with E-state index in [1.54, 1.807) is 11.3 Å². The third-order valence-electron chi connectivity index (χ3n) is 3.09. The number of guanidine groups is 1. The lowest BCUT2D eigenvalue weighted by molar-refractivity contribution is -0.137. The fraction of sp³-hybridized carbons (Fsp3) is 0.312. The number of halogens is 3. The number of hydrogen-bond acceptors (Lipinski definition) is 2. The molecule has 0 saturated carbocycles. The summed E-state index contributed by atoms with van der Waals surface area (Å²) in [6, 6.07) is 7.13. The summed E-state index contributed by atoms with van der Waals surface area (Å²) in [7, 11) is 0. The number of nitrogens with one attached hydrogen (secondary N) is 2. The summed E-state index contributed by atoms with van der Waals surface area (Å²) in [5.74, 6) is 0.638. The highest BCUT2D eigenvalue weighted by Gasteiger charge is 2.29. The van der Waals surface area contributed by atoms with E-state index in [9.17, 15) is 13.2 Å². The molecule has 0 aliphatic carbocycles. The van der Waals surface area contributed by atoms with Crippen LogP contribution in [0.4, 0.5) is 13.2 Å². The van der Waals surface area contributed by atoms with Crippen molar-refractivity contribution in [1.29, 1.82) is 0 Å². The van der Waals surface area contributed by atoms with Gasteiger partial charge in [0.05, 0.1) is 12.1 Å². The lowest BCUT2D eigenvalue weighted by Crippen LogP contribution is -2.36. The van der Waals surface area contributed by atoms with Crippen molar-refractivity contribution in [3.05, 3.63) is 57.8 Å². The van der Waals surface area contributed by atoms with Gasteiger partial charge in [-0.25, -0.2) is 4.99 Å². The van der Waals surface area contributed by atoms with Crippen LogP contribution >= 0.6 is 11.3 Å². The van der Waals surface area contributed by atoms with Gasteiger partial charge in [0.15, 0.2) is 5.96 Å². The minimum absolute atomic E-state index is 0.410. The van der Waals surface area contributed by atoms with Gasteiger partial charge >= 0.3 is 6.18 Å². The summed E-state index contributed by atoms with van der Waals surface area (Å²) in [4.78, 5) is 4.45.